The topological polar surface area (TPSA) is 78.8 Å². The molecule has 1 rings (SSSR count). The molecule has 5 nitrogen and oxygen atoms in total. The second kappa shape index (κ2) is 6.32. The second-order valence-corrected chi connectivity index (χ2v) is 3.69. The Labute approximate surface area is 104 Å². The predicted octanol–water partition coefficient (Wildman–Crippen LogP) is 1.19. The van der Waals surface area contributed by atoms with Crippen LogP contribution < -0.4 is 5.32 Å². The number of aliphatic hydroxyl groups is 1. The zero-order valence-electron chi connectivity index (χ0n) is 9.31. The molecule has 0 heterocycles. The number of carbonyl (C=O) groups excluding carboxylic acids is 1. The van der Waals surface area contributed by atoms with Crippen LogP contribution in [0.5, 0.6) is 5.75 Å². The number of benzene rings is 1. The third-order valence-corrected chi connectivity index (χ3v) is 2.49. The van der Waals surface area contributed by atoms with Crippen molar-refractivity contribution in [1.82, 2.24) is 0 Å². The van der Waals surface area contributed by atoms with Crippen molar-refractivity contribution in [2.24, 2.45) is 0 Å². The highest BCUT2D eigenvalue weighted by Gasteiger charge is 2.17. The first-order valence-electron chi connectivity index (χ1n) is 4.98. The number of hydrogen-bond donors (Lipinski definition) is 3. The number of carbonyl (C=O) groups is 1. The molecule has 1 aromatic carbocycles. The van der Waals surface area contributed by atoms with E-state index in [2.05, 4.69) is 10.1 Å². The van der Waals surface area contributed by atoms with Crippen LogP contribution in [-0.2, 0) is 4.74 Å². The second-order valence-electron chi connectivity index (χ2n) is 3.38. The molecule has 1 aromatic rings. The lowest BCUT2D eigenvalue weighted by Gasteiger charge is -2.13. The molecule has 6 heteroatoms. The monoisotopic (exact) mass is 259 g/mol. The van der Waals surface area contributed by atoms with Crippen molar-refractivity contribution in [1.29, 1.82) is 0 Å². The van der Waals surface area contributed by atoms with Gasteiger partial charge in [0.25, 0.3) is 0 Å². The summed E-state index contributed by atoms with van der Waals surface area (Å²) < 4.78 is 4.56. The van der Waals surface area contributed by atoms with Crippen LogP contribution in [0.2, 0.25) is 0 Å². The van der Waals surface area contributed by atoms with Crippen LogP contribution in [0.3, 0.4) is 0 Å². The summed E-state index contributed by atoms with van der Waals surface area (Å²) in [6, 6.07) is 4.57. The summed E-state index contributed by atoms with van der Waals surface area (Å²) in [5.74, 6) is -0.743. The normalized spacial score (nSPS) is 11.9. The molecule has 94 valence electrons. The van der Waals surface area contributed by atoms with Gasteiger partial charge in [0, 0.05) is 6.54 Å². The van der Waals surface area contributed by atoms with Crippen LogP contribution in [0, 0.1) is 0 Å². The number of phenolic OH excluding ortho intramolecular Hbond substituents is 1. The number of methoxy groups -OCH3 is 1. The van der Waals surface area contributed by atoms with Gasteiger partial charge in [0.1, 0.15) is 11.3 Å². The first-order valence-corrected chi connectivity index (χ1v) is 5.51. The molecule has 0 saturated heterocycles. The lowest BCUT2D eigenvalue weighted by molar-refractivity contribution is 0.0598. The Morgan fingerprint density at radius 2 is 2.29 bits per heavy atom. The highest BCUT2D eigenvalue weighted by Crippen LogP contribution is 2.26. The first-order chi connectivity index (χ1) is 8.10. The van der Waals surface area contributed by atoms with E-state index in [1.807, 2.05) is 0 Å². The van der Waals surface area contributed by atoms with Crippen molar-refractivity contribution in [3.8, 4) is 5.75 Å². The molecule has 0 amide bonds. The van der Waals surface area contributed by atoms with E-state index in [0.717, 1.165) is 0 Å². The molecule has 0 radical (unpaired) electrons. The SMILES string of the molecule is COC(=O)c1c(O)cccc1NCC(O)CCl. The molecule has 1 unspecified atom stereocenters. The van der Waals surface area contributed by atoms with Gasteiger partial charge in [0.15, 0.2) is 0 Å². The van der Waals surface area contributed by atoms with E-state index in [1.165, 1.54) is 13.2 Å². The fourth-order valence-electron chi connectivity index (χ4n) is 1.29. The Morgan fingerprint density at radius 1 is 1.59 bits per heavy atom. The minimum atomic E-state index is -0.732. The van der Waals surface area contributed by atoms with E-state index in [4.69, 9.17) is 11.6 Å². The number of nitrogens with one attached hydrogen (secondary N) is 1. The zero-order valence-corrected chi connectivity index (χ0v) is 10.1. The van der Waals surface area contributed by atoms with E-state index in [1.54, 1.807) is 12.1 Å². The minimum Gasteiger partial charge on any atom is -0.507 e. The van der Waals surface area contributed by atoms with E-state index >= 15 is 0 Å². The third-order valence-electron chi connectivity index (χ3n) is 2.14. The maximum atomic E-state index is 11.5. The van der Waals surface area contributed by atoms with Crippen LogP contribution in [0.25, 0.3) is 0 Å². The fourth-order valence-corrected chi connectivity index (χ4v) is 1.40. The lowest BCUT2D eigenvalue weighted by atomic mass is 10.1. The molecule has 0 aliphatic rings. The van der Waals surface area contributed by atoms with Gasteiger partial charge in [0.05, 0.1) is 24.8 Å². The van der Waals surface area contributed by atoms with Crippen molar-refractivity contribution in [2.45, 2.75) is 6.10 Å². The van der Waals surface area contributed by atoms with E-state index in [-0.39, 0.29) is 23.7 Å². The van der Waals surface area contributed by atoms with Gasteiger partial charge in [-0.25, -0.2) is 4.79 Å². The number of ether oxygens (including phenoxy) is 1. The molecule has 0 aromatic heterocycles. The van der Waals surface area contributed by atoms with Gasteiger partial charge in [-0.1, -0.05) is 6.07 Å². The van der Waals surface area contributed by atoms with Crippen LogP contribution in [0.4, 0.5) is 5.69 Å². The number of aromatic hydroxyl groups is 1. The summed E-state index contributed by atoms with van der Waals surface area (Å²) in [6.45, 7) is 0.178. The number of halogens is 1. The maximum absolute atomic E-state index is 11.5. The number of rotatable bonds is 5. The van der Waals surface area contributed by atoms with Crippen LogP contribution in [0.15, 0.2) is 18.2 Å². The highest BCUT2D eigenvalue weighted by molar-refractivity contribution is 6.18. The van der Waals surface area contributed by atoms with Crippen LogP contribution in [0.1, 0.15) is 10.4 Å². The summed E-state index contributed by atoms with van der Waals surface area (Å²) in [5, 5.41) is 21.7. The lowest BCUT2D eigenvalue weighted by Crippen LogP contribution is -2.22. The highest BCUT2D eigenvalue weighted by atomic mass is 35.5. The van der Waals surface area contributed by atoms with Crippen LogP contribution in [-0.4, -0.2) is 41.8 Å². The molecule has 0 spiro atoms. The number of esters is 1. The van der Waals surface area contributed by atoms with Gasteiger partial charge in [-0.3, -0.25) is 0 Å². The molecule has 0 bridgehead atoms. The Hall–Kier alpha value is -1.46. The van der Waals surface area contributed by atoms with Gasteiger partial charge in [-0.05, 0) is 12.1 Å². The summed E-state index contributed by atoms with van der Waals surface area (Å²) in [4.78, 5) is 11.5. The quantitative estimate of drug-likeness (QED) is 0.547. The van der Waals surface area contributed by atoms with E-state index in [9.17, 15) is 15.0 Å². The van der Waals surface area contributed by atoms with Crippen molar-refractivity contribution in [3.63, 3.8) is 0 Å². The smallest absolute Gasteiger partial charge is 0.343 e. The zero-order chi connectivity index (χ0) is 12.8. The molecule has 17 heavy (non-hydrogen) atoms. The van der Waals surface area contributed by atoms with Crippen molar-refractivity contribution < 1.29 is 19.7 Å². The van der Waals surface area contributed by atoms with Gasteiger partial charge in [-0.2, -0.15) is 0 Å². The van der Waals surface area contributed by atoms with E-state index < -0.39 is 12.1 Å². The van der Waals surface area contributed by atoms with Crippen molar-refractivity contribution in [2.75, 3.05) is 24.9 Å². The minimum absolute atomic E-state index is 0.0387. The molecule has 0 aliphatic carbocycles. The Morgan fingerprint density at radius 3 is 2.88 bits per heavy atom. The first kappa shape index (κ1) is 13.6. The van der Waals surface area contributed by atoms with E-state index in [0.29, 0.717) is 5.69 Å². The van der Waals surface area contributed by atoms with Crippen molar-refractivity contribution >= 4 is 23.3 Å². The Bertz CT molecular complexity index is 397. The number of phenols is 1. The molecule has 0 saturated carbocycles. The molecule has 1 atom stereocenters. The standard InChI is InChI=1S/C11H14ClNO4/c1-17-11(16)10-8(3-2-4-9(10)15)13-6-7(14)5-12/h2-4,7,13-15H,5-6H2,1H3. The molecule has 3 N–H and O–H groups in total. The average Bonchev–Trinajstić information content (AvgIpc) is 2.35. The molecule has 0 fully saturated rings. The summed E-state index contributed by atoms with van der Waals surface area (Å²) in [6.07, 6.45) is -0.732. The molecular weight excluding hydrogens is 246 g/mol. The number of aliphatic hydroxyl groups excluding tert-OH is 1. The fraction of sp³-hybridized carbons (Fsp3) is 0.364. The largest absolute Gasteiger partial charge is 0.507 e. The number of hydrogen-bond acceptors (Lipinski definition) is 5. The summed E-state index contributed by atoms with van der Waals surface area (Å²) >= 11 is 5.45. The Kier molecular flexibility index (Phi) is 5.06. The van der Waals surface area contributed by atoms with Crippen LogP contribution >= 0.6 is 11.6 Å². The average molecular weight is 260 g/mol. The van der Waals surface area contributed by atoms with Gasteiger partial charge < -0.3 is 20.3 Å². The summed E-state index contributed by atoms with van der Waals surface area (Å²) in [5.41, 5.74) is 0.429. The number of anilines is 1. The third kappa shape index (κ3) is 3.51. The van der Waals surface area contributed by atoms with Gasteiger partial charge in [0.2, 0.25) is 0 Å². The summed E-state index contributed by atoms with van der Waals surface area (Å²) in [7, 11) is 1.23. The predicted molar refractivity (Wildman–Crippen MR) is 64.7 cm³/mol. The molecular formula is C11H14ClNO4. The number of alkyl halides is 1. The van der Waals surface area contributed by atoms with Gasteiger partial charge >= 0.3 is 5.97 Å². The Balaban J connectivity index is 2.91. The molecule has 0 aliphatic heterocycles. The maximum Gasteiger partial charge on any atom is 0.343 e. The van der Waals surface area contributed by atoms with Crippen molar-refractivity contribution in [3.05, 3.63) is 23.8 Å². The van der Waals surface area contributed by atoms with Gasteiger partial charge in [-0.15, -0.1) is 11.6 Å².